The third kappa shape index (κ3) is 0.732. The quantitative estimate of drug-likeness (QED) is 0.426. The van der Waals surface area contributed by atoms with Gasteiger partial charge in [0.15, 0.2) is 0 Å². The summed E-state index contributed by atoms with van der Waals surface area (Å²) in [6.45, 7) is 4.26. The molecule has 0 aromatic heterocycles. The molecule has 0 amide bonds. The van der Waals surface area contributed by atoms with Crippen LogP contribution in [0.4, 0.5) is 0 Å². The van der Waals surface area contributed by atoms with Crippen LogP contribution in [0.3, 0.4) is 0 Å². The molecule has 3 N–H and O–H groups in total. The van der Waals surface area contributed by atoms with Gasteiger partial charge in [0, 0.05) is 5.41 Å². The molecule has 0 heterocycles. The zero-order valence-corrected chi connectivity index (χ0v) is 6.07. The van der Waals surface area contributed by atoms with Gasteiger partial charge in [0.05, 0.1) is 5.84 Å². The SMILES string of the molecule is CCC1(C(=N)N)CC1C. The van der Waals surface area contributed by atoms with Gasteiger partial charge in [-0.25, -0.2) is 0 Å². The fraction of sp³-hybridized carbons (Fsp3) is 0.857. The lowest BCUT2D eigenvalue weighted by atomic mass is 10.00. The van der Waals surface area contributed by atoms with Crippen LogP contribution in [-0.4, -0.2) is 5.84 Å². The molecule has 1 fully saturated rings. The van der Waals surface area contributed by atoms with E-state index in [0.29, 0.717) is 11.8 Å². The molecule has 0 bridgehead atoms. The van der Waals surface area contributed by atoms with Gasteiger partial charge in [-0.1, -0.05) is 13.8 Å². The third-order valence-corrected chi connectivity index (χ3v) is 2.62. The summed E-state index contributed by atoms with van der Waals surface area (Å²) in [4.78, 5) is 0. The molecule has 1 rings (SSSR count). The summed E-state index contributed by atoms with van der Waals surface area (Å²) in [7, 11) is 0. The second kappa shape index (κ2) is 1.72. The molecule has 2 nitrogen and oxygen atoms in total. The number of amidine groups is 1. The molecule has 0 aromatic carbocycles. The van der Waals surface area contributed by atoms with Crippen LogP contribution < -0.4 is 5.73 Å². The van der Waals surface area contributed by atoms with Crippen LogP contribution >= 0.6 is 0 Å². The van der Waals surface area contributed by atoms with Crippen LogP contribution in [0.15, 0.2) is 0 Å². The highest BCUT2D eigenvalue weighted by molar-refractivity contribution is 5.86. The Hall–Kier alpha value is -0.530. The third-order valence-electron chi connectivity index (χ3n) is 2.62. The number of nitrogens with two attached hydrogens (primary N) is 1. The summed E-state index contributed by atoms with van der Waals surface area (Å²) < 4.78 is 0. The lowest BCUT2D eigenvalue weighted by Crippen LogP contribution is -2.24. The number of rotatable bonds is 2. The fourth-order valence-corrected chi connectivity index (χ4v) is 1.55. The largest absolute Gasteiger partial charge is 0.387 e. The molecule has 0 aliphatic heterocycles. The van der Waals surface area contributed by atoms with Crippen LogP contribution in [0.2, 0.25) is 0 Å². The highest BCUT2D eigenvalue weighted by Crippen LogP contribution is 2.54. The van der Waals surface area contributed by atoms with Crippen molar-refractivity contribution in [3.63, 3.8) is 0 Å². The van der Waals surface area contributed by atoms with Gasteiger partial charge in [-0.15, -0.1) is 0 Å². The Bertz CT molecular complexity index is 138. The normalized spacial score (nSPS) is 40.4. The first-order valence-electron chi connectivity index (χ1n) is 3.48. The Balaban J connectivity index is 2.62. The van der Waals surface area contributed by atoms with E-state index in [0.717, 1.165) is 12.8 Å². The molecule has 9 heavy (non-hydrogen) atoms. The van der Waals surface area contributed by atoms with Crippen molar-refractivity contribution in [1.82, 2.24) is 0 Å². The molecular formula is C7H14N2. The summed E-state index contributed by atoms with van der Waals surface area (Å²) in [5, 5.41) is 7.27. The Labute approximate surface area is 55.9 Å². The molecule has 52 valence electrons. The number of nitrogens with one attached hydrogen (secondary N) is 1. The Kier molecular flexibility index (Phi) is 1.26. The van der Waals surface area contributed by atoms with Crippen molar-refractivity contribution in [1.29, 1.82) is 5.41 Å². The van der Waals surface area contributed by atoms with Crippen molar-refractivity contribution in [2.45, 2.75) is 26.7 Å². The fourth-order valence-electron chi connectivity index (χ4n) is 1.55. The van der Waals surface area contributed by atoms with E-state index in [-0.39, 0.29) is 5.41 Å². The molecule has 1 aliphatic rings. The summed E-state index contributed by atoms with van der Waals surface area (Å²) in [6.07, 6.45) is 2.16. The van der Waals surface area contributed by atoms with Gasteiger partial charge in [0.1, 0.15) is 0 Å². The van der Waals surface area contributed by atoms with Crippen molar-refractivity contribution in [2.24, 2.45) is 17.1 Å². The monoisotopic (exact) mass is 126 g/mol. The Morgan fingerprint density at radius 3 is 2.33 bits per heavy atom. The van der Waals surface area contributed by atoms with Crippen molar-refractivity contribution in [2.75, 3.05) is 0 Å². The predicted molar refractivity (Wildman–Crippen MR) is 38.4 cm³/mol. The van der Waals surface area contributed by atoms with E-state index < -0.39 is 0 Å². The van der Waals surface area contributed by atoms with Crippen LogP contribution in [-0.2, 0) is 0 Å². The minimum absolute atomic E-state index is 0.111. The number of hydrogen-bond acceptors (Lipinski definition) is 1. The molecule has 0 spiro atoms. The van der Waals surface area contributed by atoms with E-state index in [4.69, 9.17) is 11.1 Å². The molecule has 0 aromatic rings. The standard InChI is InChI=1S/C7H14N2/c1-3-7(6(8)9)4-5(7)2/h5H,3-4H2,1-2H3,(H3,8,9). The first-order chi connectivity index (χ1) is 4.13. The smallest absolute Gasteiger partial charge is 0.0971 e. The summed E-state index contributed by atoms with van der Waals surface area (Å²) >= 11 is 0. The molecule has 1 saturated carbocycles. The maximum absolute atomic E-state index is 7.27. The van der Waals surface area contributed by atoms with Crippen molar-refractivity contribution < 1.29 is 0 Å². The molecule has 2 atom stereocenters. The van der Waals surface area contributed by atoms with Gasteiger partial charge in [-0.2, -0.15) is 0 Å². The zero-order chi connectivity index (χ0) is 7.07. The van der Waals surface area contributed by atoms with E-state index in [1.807, 2.05) is 0 Å². The zero-order valence-electron chi connectivity index (χ0n) is 6.07. The van der Waals surface area contributed by atoms with Gasteiger partial charge < -0.3 is 5.73 Å². The van der Waals surface area contributed by atoms with Crippen LogP contribution in [0.1, 0.15) is 26.7 Å². The minimum Gasteiger partial charge on any atom is -0.387 e. The van der Waals surface area contributed by atoms with Crippen LogP contribution in [0, 0.1) is 16.7 Å². The van der Waals surface area contributed by atoms with Crippen molar-refractivity contribution in [3.05, 3.63) is 0 Å². The Morgan fingerprint density at radius 2 is 2.33 bits per heavy atom. The van der Waals surface area contributed by atoms with E-state index in [1.165, 1.54) is 0 Å². The van der Waals surface area contributed by atoms with Crippen LogP contribution in [0.5, 0.6) is 0 Å². The lowest BCUT2D eigenvalue weighted by molar-refractivity contribution is 0.600. The van der Waals surface area contributed by atoms with Gasteiger partial charge in [-0.05, 0) is 18.8 Å². The van der Waals surface area contributed by atoms with E-state index in [9.17, 15) is 0 Å². The number of hydrogen-bond donors (Lipinski definition) is 2. The minimum atomic E-state index is 0.111. The molecule has 2 unspecified atom stereocenters. The highest BCUT2D eigenvalue weighted by atomic mass is 14.8. The molecule has 0 saturated heterocycles. The summed E-state index contributed by atoms with van der Waals surface area (Å²) in [5.41, 5.74) is 5.53. The van der Waals surface area contributed by atoms with E-state index in [2.05, 4.69) is 13.8 Å². The van der Waals surface area contributed by atoms with Gasteiger partial charge in [0.25, 0.3) is 0 Å². The summed E-state index contributed by atoms with van der Waals surface area (Å²) in [5.74, 6) is 1.04. The van der Waals surface area contributed by atoms with Gasteiger partial charge in [-0.3, -0.25) is 5.41 Å². The average molecular weight is 126 g/mol. The first-order valence-corrected chi connectivity index (χ1v) is 3.48. The molecule has 2 heteroatoms. The van der Waals surface area contributed by atoms with Crippen molar-refractivity contribution >= 4 is 5.84 Å². The second-order valence-electron chi connectivity index (χ2n) is 3.03. The van der Waals surface area contributed by atoms with Gasteiger partial charge in [0.2, 0.25) is 0 Å². The lowest BCUT2D eigenvalue weighted by Gasteiger charge is -2.09. The first kappa shape index (κ1) is 6.59. The molecular weight excluding hydrogens is 112 g/mol. The van der Waals surface area contributed by atoms with Crippen molar-refractivity contribution in [3.8, 4) is 0 Å². The molecule has 0 radical (unpaired) electrons. The Morgan fingerprint density at radius 1 is 1.89 bits per heavy atom. The topological polar surface area (TPSA) is 49.9 Å². The predicted octanol–water partition coefficient (Wildman–Crippen LogP) is 1.36. The van der Waals surface area contributed by atoms with Crippen LogP contribution in [0.25, 0.3) is 0 Å². The maximum Gasteiger partial charge on any atom is 0.0971 e. The highest BCUT2D eigenvalue weighted by Gasteiger charge is 2.52. The van der Waals surface area contributed by atoms with E-state index in [1.54, 1.807) is 0 Å². The summed E-state index contributed by atoms with van der Waals surface area (Å²) in [6, 6.07) is 0. The molecule has 1 aliphatic carbocycles. The maximum atomic E-state index is 7.27. The average Bonchev–Trinajstić information content (AvgIpc) is 2.43. The van der Waals surface area contributed by atoms with Gasteiger partial charge >= 0.3 is 0 Å². The van der Waals surface area contributed by atoms with E-state index >= 15 is 0 Å². The second-order valence-corrected chi connectivity index (χ2v) is 3.03.